The first-order chi connectivity index (χ1) is 15.1. The number of thioether (sulfide) groups is 2. The van der Waals surface area contributed by atoms with Gasteiger partial charge in [0.2, 0.25) is 5.91 Å². The minimum absolute atomic E-state index is 0.0665. The van der Waals surface area contributed by atoms with E-state index in [4.69, 9.17) is 4.74 Å². The van der Waals surface area contributed by atoms with Crippen LogP contribution in [0.5, 0.6) is 5.75 Å². The number of amides is 1. The van der Waals surface area contributed by atoms with Crippen LogP contribution in [0.1, 0.15) is 31.5 Å². The van der Waals surface area contributed by atoms with Crippen molar-refractivity contribution in [2.24, 2.45) is 0 Å². The zero-order chi connectivity index (χ0) is 21.6. The first-order valence-corrected chi connectivity index (χ1v) is 12.2. The number of carbonyl (C=O) groups excluding carboxylic acids is 1. The number of methoxy groups -OCH3 is 1. The Bertz CT molecular complexity index is 1010. The van der Waals surface area contributed by atoms with Crippen LogP contribution in [0.25, 0.3) is 5.69 Å². The molecule has 6 nitrogen and oxygen atoms in total. The van der Waals surface area contributed by atoms with Gasteiger partial charge in [0.1, 0.15) is 11.6 Å². The number of ether oxygens (including phenoxy) is 1. The molecule has 1 amide bonds. The number of carbonyl (C=O) groups is 1. The molecule has 4 rings (SSSR count). The lowest BCUT2D eigenvalue weighted by Gasteiger charge is -2.10. The number of anilines is 1. The van der Waals surface area contributed by atoms with E-state index >= 15 is 0 Å². The van der Waals surface area contributed by atoms with E-state index in [2.05, 4.69) is 27.6 Å². The summed E-state index contributed by atoms with van der Waals surface area (Å²) in [6, 6.07) is 15.8. The second-order valence-corrected chi connectivity index (χ2v) is 9.77. The van der Waals surface area contributed by atoms with Crippen LogP contribution in [-0.2, 0) is 4.79 Å². The van der Waals surface area contributed by atoms with E-state index in [0.717, 1.165) is 28.2 Å². The number of nitrogens with one attached hydrogen (secondary N) is 1. The summed E-state index contributed by atoms with van der Waals surface area (Å²) in [5.41, 5.74) is 1.75. The van der Waals surface area contributed by atoms with Crippen molar-refractivity contribution in [1.82, 2.24) is 14.8 Å². The minimum atomic E-state index is -0.0665. The summed E-state index contributed by atoms with van der Waals surface area (Å²) in [5.74, 6) is 1.75. The molecule has 2 aromatic carbocycles. The number of aromatic nitrogens is 3. The number of hydrogen-bond acceptors (Lipinski definition) is 6. The van der Waals surface area contributed by atoms with Gasteiger partial charge in [0.05, 0.1) is 12.9 Å². The van der Waals surface area contributed by atoms with Gasteiger partial charge in [-0.25, -0.2) is 0 Å². The third kappa shape index (κ3) is 5.62. The van der Waals surface area contributed by atoms with Crippen molar-refractivity contribution in [3.05, 3.63) is 54.4 Å². The van der Waals surface area contributed by atoms with Crippen LogP contribution in [0.15, 0.2) is 58.6 Å². The standard InChI is InChI=1S/C23H26N4O2S2/c1-16-25-26-23(27(16)18-9-11-19(29-2)12-10-18)30-15-22(28)24-17-7-13-21(14-8-17)31-20-5-3-4-6-20/h7-14,20H,3-6,15H2,1-2H3,(H,24,28). The minimum Gasteiger partial charge on any atom is -0.497 e. The van der Waals surface area contributed by atoms with Gasteiger partial charge in [0.15, 0.2) is 5.16 Å². The predicted octanol–water partition coefficient (Wildman–Crippen LogP) is 5.35. The highest BCUT2D eigenvalue weighted by atomic mass is 32.2. The Labute approximate surface area is 191 Å². The molecule has 0 aliphatic heterocycles. The van der Waals surface area contributed by atoms with Crippen molar-refractivity contribution < 1.29 is 9.53 Å². The molecule has 1 heterocycles. The van der Waals surface area contributed by atoms with Gasteiger partial charge in [0.25, 0.3) is 0 Å². The van der Waals surface area contributed by atoms with Crippen LogP contribution < -0.4 is 10.1 Å². The van der Waals surface area contributed by atoms with Crippen LogP contribution in [0.2, 0.25) is 0 Å². The van der Waals surface area contributed by atoms with E-state index in [0.29, 0.717) is 5.16 Å². The van der Waals surface area contributed by atoms with Crippen LogP contribution in [0.4, 0.5) is 5.69 Å². The van der Waals surface area contributed by atoms with E-state index in [1.54, 1.807) is 7.11 Å². The summed E-state index contributed by atoms with van der Waals surface area (Å²) >= 11 is 3.31. The van der Waals surface area contributed by atoms with Crippen LogP contribution >= 0.6 is 23.5 Å². The fourth-order valence-electron chi connectivity index (χ4n) is 3.61. The van der Waals surface area contributed by atoms with Gasteiger partial charge in [-0.3, -0.25) is 9.36 Å². The lowest BCUT2D eigenvalue weighted by Crippen LogP contribution is -2.14. The summed E-state index contributed by atoms with van der Waals surface area (Å²) < 4.78 is 7.16. The molecule has 1 N–H and O–H groups in total. The number of benzene rings is 2. The maximum Gasteiger partial charge on any atom is 0.234 e. The fraction of sp³-hybridized carbons (Fsp3) is 0.348. The highest BCUT2D eigenvalue weighted by Gasteiger charge is 2.16. The van der Waals surface area contributed by atoms with Crippen LogP contribution in [0.3, 0.4) is 0 Å². The third-order valence-corrected chi connectivity index (χ3v) is 7.48. The fourth-order valence-corrected chi connectivity index (χ4v) is 5.65. The average molecular weight is 455 g/mol. The normalized spacial score (nSPS) is 14.0. The lowest BCUT2D eigenvalue weighted by molar-refractivity contribution is -0.113. The number of hydrogen-bond donors (Lipinski definition) is 1. The van der Waals surface area contributed by atoms with E-state index in [9.17, 15) is 4.79 Å². The highest BCUT2D eigenvalue weighted by molar-refractivity contribution is 8.00. The summed E-state index contributed by atoms with van der Waals surface area (Å²) in [4.78, 5) is 13.7. The van der Waals surface area contributed by atoms with Gasteiger partial charge < -0.3 is 10.1 Å². The quantitative estimate of drug-likeness (QED) is 0.463. The topological polar surface area (TPSA) is 69.0 Å². The second kappa shape index (κ2) is 10.2. The smallest absolute Gasteiger partial charge is 0.234 e. The first-order valence-electron chi connectivity index (χ1n) is 10.4. The summed E-state index contributed by atoms with van der Waals surface area (Å²) in [7, 11) is 1.64. The highest BCUT2D eigenvalue weighted by Crippen LogP contribution is 2.35. The Kier molecular flexibility index (Phi) is 7.19. The molecule has 1 aromatic heterocycles. The molecule has 0 spiro atoms. The third-order valence-electron chi connectivity index (χ3n) is 5.20. The molecule has 1 aliphatic rings. The average Bonchev–Trinajstić information content (AvgIpc) is 3.43. The van der Waals surface area contributed by atoms with Crippen molar-refractivity contribution in [1.29, 1.82) is 0 Å². The molecular weight excluding hydrogens is 428 g/mol. The van der Waals surface area contributed by atoms with Gasteiger partial charge >= 0.3 is 0 Å². The van der Waals surface area contributed by atoms with Gasteiger partial charge in [-0.15, -0.1) is 22.0 Å². The first kappa shape index (κ1) is 21.8. The van der Waals surface area contributed by atoms with Gasteiger partial charge in [-0.2, -0.15) is 0 Å². The predicted molar refractivity (Wildman–Crippen MR) is 127 cm³/mol. The van der Waals surface area contributed by atoms with Crippen molar-refractivity contribution >= 4 is 35.1 Å². The number of rotatable bonds is 8. The van der Waals surface area contributed by atoms with E-state index in [-0.39, 0.29) is 11.7 Å². The summed E-state index contributed by atoms with van der Waals surface area (Å²) in [5, 5.41) is 12.8. The molecule has 31 heavy (non-hydrogen) atoms. The Hall–Kier alpha value is -2.45. The maximum absolute atomic E-state index is 12.5. The Morgan fingerprint density at radius 1 is 1.10 bits per heavy atom. The van der Waals surface area contributed by atoms with E-state index in [1.807, 2.05) is 59.7 Å². The Morgan fingerprint density at radius 2 is 1.81 bits per heavy atom. The van der Waals surface area contributed by atoms with Crippen molar-refractivity contribution in [2.45, 2.75) is 47.9 Å². The molecule has 1 aliphatic carbocycles. The van der Waals surface area contributed by atoms with Crippen LogP contribution in [-0.4, -0.2) is 38.8 Å². The van der Waals surface area contributed by atoms with Crippen molar-refractivity contribution in [3.8, 4) is 11.4 Å². The van der Waals surface area contributed by atoms with Gasteiger partial charge in [0, 0.05) is 21.5 Å². The van der Waals surface area contributed by atoms with E-state index in [1.165, 1.54) is 42.3 Å². The van der Waals surface area contributed by atoms with Crippen LogP contribution in [0, 0.1) is 6.92 Å². The maximum atomic E-state index is 12.5. The summed E-state index contributed by atoms with van der Waals surface area (Å²) in [6.07, 6.45) is 5.30. The SMILES string of the molecule is COc1ccc(-n2c(C)nnc2SCC(=O)Nc2ccc(SC3CCCC3)cc2)cc1. The van der Waals surface area contributed by atoms with Gasteiger partial charge in [-0.1, -0.05) is 24.6 Å². The molecule has 0 saturated heterocycles. The number of nitrogens with zero attached hydrogens (tertiary/aromatic N) is 3. The Morgan fingerprint density at radius 3 is 2.48 bits per heavy atom. The zero-order valence-corrected chi connectivity index (χ0v) is 19.3. The largest absolute Gasteiger partial charge is 0.497 e. The molecular formula is C23H26N4O2S2. The molecule has 8 heteroatoms. The number of aryl methyl sites for hydroxylation is 1. The zero-order valence-electron chi connectivity index (χ0n) is 17.7. The molecule has 162 valence electrons. The monoisotopic (exact) mass is 454 g/mol. The molecule has 0 atom stereocenters. The molecule has 0 radical (unpaired) electrons. The second-order valence-electron chi connectivity index (χ2n) is 7.45. The Balaban J connectivity index is 1.33. The van der Waals surface area contributed by atoms with Crippen molar-refractivity contribution in [3.63, 3.8) is 0 Å². The molecule has 3 aromatic rings. The molecule has 1 saturated carbocycles. The molecule has 0 bridgehead atoms. The molecule has 0 unspecified atom stereocenters. The lowest BCUT2D eigenvalue weighted by atomic mass is 10.3. The van der Waals surface area contributed by atoms with E-state index < -0.39 is 0 Å². The summed E-state index contributed by atoms with van der Waals surface area (Å²) in [6.45, 7) is 1.90. The molecule has 1 fully saturated rings. The van der Waals surface area contributed by atoms with Crippen molar-refractivity contribution in [2.75, 3.05) is 18.2 Å². The van der Waals surface area contributed by atoms with Gasteiger partial charge in [-0.05, 0) is 68.3 Å².